The largest absolute Gasteiger partial charge is 0.478 e. The number of aryl methyl sites for hydroxylation is 1. The van der Waals surface area contributed by atoms with Gasteiger partial charge >= 0.3 is 11.7 Å². The maximum absolute atomic E-state index is 11.2. The van der Waals surface area contributed by atoms with E-state index in [4.69, 9.17) is 9.84 Å². The minimum Gasteiger partial charge on any atom is -0.478 e. The maximum Gasteiger partial charge on any atom is 0.339 e. The minimum atomic E-state index is -1.18. The Hall–Kier alpha value is -2.41. The van der Waals surface area contributed by atoms with Crippen LogP contribution in [0.15, 0.2) is 40.9 Å². The highest BCUT2D eigenvalue weighted by atomic mass is 79.9. The van der Waals surface area contributed by atoms with E-state index in [0.717, 1.165) is 5.56 Å². The van der Waals surface area contributed by atoms with Crippen molar-refractivity contribution in [2.45, 2.75) is 6.92 Å². The number of aromatic carboxylic acids is 1. The molecule has 0 saturated heterocycles. The summed E-state index contributed by atoms with van der Waals surface area (Å²) in [5, 5.41) is 20.2. The minimum absolute atomic E-state index is 0.00447. The first kappa shape index (κ1) is 15.0. The Morgan fingerprint density at radius 3 is 2.57 bits per heavy atom. The molecule has 0 atom stereocenters. The van der Waals surface area contributed by atoms with Gasteiger partial charge in [0.05, 0.1) is 4.92 Å². The topological polar surface area (TPSA) is 89.7 Å². The van der Waals surface area contributed by atoms with Crippen LogP contribution < -0.4 is 4.74 Å². The average molecular weight is 352 g/mol. The molecule has 0 heterocycles. The van der Waals surface area contributed by atoms with Crippen molar-refractivity contribution in [3.05, 3.63) is 62.1 Å². The van der Waals surface area contributed by atoms with Gasteiger partial charge in [0.1, 0.15) is 11.3 Å². The molecule has 0 spiro atoms. The van der Waals surface area contributed by atoms with Crippen LogP contribution in [0.5, 0.6) is 11.5 Å². The van der Waals surface area contributed by atoms with Crippen molar-refractivity contribution in [2.75, 3.05) is 0 Å². The molecule has 0 aliphatic rings. The summed E-state index contributed by atoms with van der Waals surface area (Å²) in [6.45, 7) is 1.76. The van der Waals surface area contributed by atoms with Crippen molar-refractivity contribution in [1.29, 1.82) is 0 Å². The lowest BCUT2D eigenvalue weighted by molar-refractivity contribution is -0.385. The van der Waals surface area contributed by atoms with Crippen LogP contribution >= 0.6 is 15.9 Å². The zero-order valence-electron chi connectivity index (χ0n) is 10.9. The Morgan fingerprint density at radius 1 is 1.24 bits per heavy atom. The van der Waals surface area contributed by atoms with Crippen LogP contribution in [0.25, 0.3) is 0 Å². The molecule has 0 radical (unpaired) electrons. The van der Waals surface area contributed by atoms with Crippen molar-refractivity contribution in [2.24, 2.45) is 0 Å². The third-order valence-corrected chi connectivity index (χ3v) is 3.20. The van der Waals surface area contributed by atoms with E-state index in [1.165, 1.54) is 24.3 Å². The third kappa shape index (κ3) is 3.38. The molecule has 0 saturated carbocycles. The van der Waals surface area contributed by atoms with E-state index in [-0.39, 0.29) is 22.7 Å². The number of ether oxygens (including phenoxy) is 1. The second kappa shape index (κ2) is 5.92. The third-order valence-electron chi connectivity index (χ3n) is 2.70. The molecule has 6 nitrogen and oxygen atoms in total. The fourth-order valence-electron chi connectivity index (χ4n) is 1.73. The lowest BCUT2D eigenvalue weighted by atomic mass is 10.2. The molecular weight excluding hydrogens is 342 g/mol. The Morgan fingerprint density at radius 2 is 1.95 bits per heavy atom. The van der Waals surface area contributed by atoms with Crippen molar-refractivity contribution in [3.8, 4) is 11.5 Å². The smallest absolute Gasteiger partial charge is 0.339 e. The number of hydrogen-bond donors (Lipinski definition) is 1. The molecule has 7 heteroatoms. The standard InChI is InChI=1S/C14H10BrNO5/c1-8-2-4-11(16(19)20)13(6-8)21-12-5-3-9(15)7-10(12)14(17)18/h2-7H,1H3,(H,17,18). The van der Waals surface area contributed by atoms with Gasteiger partial charge in [0.15, 0.2) is 0 Å². The number of halogens is 1. The number of nitro groups is 1. The predicted octanol–water partition coefficient (Wildman–Crippen LogP) is 4.16. The van der Waals surface area contributed by atoms with E-state index < -0.39 is 10.9 Å². The Kier molecular flexibility index (Phi) is 4.23. The van der Waals surface area contributed by atoms with Gasteiger partial charge in [0.25, 0.3) is 0 Å². The van der Waals surface area contributed by atoms with Crippen LogP contribution in [0.4, 0.5) is 5.69 Å². The normalized spacial score (nSPS) is 10.2. The number of hydrogen-bond acceptors (Lipinski definition) is 4. The second-order valence-corrected chi connectivity index (χ2v) is 5.19. The van der Waals surface area contributed by atoms with E-state index in [1.54, 1.807) is 19.1 Å². The van der Waals surface area contributed by atoms with E-state index in [9.17, 15) is 14.9 Å². The number of carbonyl (C=O) groups is 1. The summed E-state index contributed by atoms with van der Waals surface area (Å²) in [6, 6.07) is 8.82. The molecule has 0 fully saturated rings. The average Bonchev–Trinajstić information content (AvgIpc) is 2.40. The van der Waals surface area contributed by atoms with Gasteiger partial charge in [0.2, 0.25) is 5.75 Å². The predicted molar refractivity (Wildman–Crippen MR) is 79.0 cm³/mol. The molecule has 0 unspecified atom stereocenters. The number of nitro benzene ring substituents is 1. The van der Waals surface area contributed by atoms with Crippen molar-refractivity contribution < 1.29 is 19.6 Å². The monoisotopic (exact) mass is 351 g/mol. The van der Waals surface area contributed by atoms with E-state index in [1.807, 2.05) is 0 Å². The Bertz CT molecular complexity index is 729. The molecule has 0 aliphatic carbocycles. The molecule has 21 heavy (non-hydrogen) atoms. The number of nitrogens with zero attached hydrogens (tertiary/aromatic N) is 1. The Balaban J connectivity index is 2.50. The summed E-state index contributed by atoms with van der Waals surface area (Å²) in [5.41, 5.74) is 0.463. The number of carboxylic acids is 1. The fourth-order valence-corrected chi connectivity index (χ4v) is 2.09. The molecule has 2 aromatic carbocycles. The summed E-state index contributed by atoms with van der Waals surface area (Å²) in [7, 11) is 0. The van der Waals surface area contributed by atoms with Crippen molar-refractivity contribution in [1.82, 2.24) is 0 Å². The molecule has 1 N–H and O–H groups in total. The molecular formula is C14H10BrNO5. The summed E-state index contributed by atoms with van der Waals surface area (Å²) >= 11 is 3.17. The summed E-state index contributed by atoms with van der Waals surface area (Å²) < 4.78 is 6.03. The quantitative estimate of drug-likeness (QED) is 0.659. The lowest BCUT2D eigenvalue weighted by Crippen LogP contribution is -2.01. The van der Waals surface area contributed by atoms with Gasteiger partial charge in [-0.2, -0.15) is 0 Å². The van der Waals surface area contributed by atoms with Gasteiger partial charge in [-0.25, -0.2) is 4.79 Å². The zero-order valence-corrected chi connectivity index (χ0v) is 12.5. The van der Waals surface area contributed by atoms with Gasteiger partial charge in [0, 0.05) is 10.5 Å². The molecule has 2 rings (SSSR count). The summed E-state index contributed by atoms with van der Waals surface area (Å²) in [6.07, 6.45) is 0. The Labute approximate surface area is 128 Å². The first-order chi connectivity index (χ1) is 9.88. The van der Waals surface area contributed by atoms with E-state index in [0.29, 0.717) is 4.47 Å². The van der Waals surface area contributed by atoms with Crippen molar-refractivity contribution >= 4 is 27.6 Å². The lowest BCUT2D eigenvalue weighted by Gasteiger charge is -2.10. The zero-order chi connectivity index (χ0) is 15.6. The second-order valence-electron chi connectivity index (χ2n) is 4.28. The molecule has 0 amide bonds. The molecule has 108 valence electrons. The van der Waals surface area contributed by atoms with Crippen LogP contribution in [0.3, 0.4) is 0 Å². The van der Waals surface area contributed by atoms with Gasteiger partial charge in [-0.15, -0.1) is 0 Å². The number of carboxylic acid groups (broad SMARTS) is 1. The first-order valence-electron chi connectivity index (χ1n) is 5.84. The maximum atomic E-state index is 11.2. The summed E-state index contributed by atoms with van der Waals surface area (Å²) in [4.78, 5) is 21.6. The first-order valence-corrected chi connectivity index (χ1v) is 6.63. The summed E-state index contributed by atoms with van der Waals surface area (Å²) in [5.74, 6) is -1.13. The number of benzene rings is 2. The highest BCUT2D eigenvalue weighted by Crippen LogP contribution is 2.34. The highest BCUT2D eigenvalue weighted by Gasteiger charge is 2.19. The molecule has 0 aromatic heterocycles. The molecule has 0 bridgehead atoms. The van der Waals surface area contributed by atoms with Crippen LogP contribution in [0.1, 0.15) is 15.9 Å². The molecule has 2 aromatic rings. The van der Waals surface area contributed by atoms with E-state index in [2.05, 4.69) is 15.9 Å². The van der Waals surface area contributed by atoms with Crippen LogP contribution in [-0.2, 0) is 0 Å². The fraction of sp³-hybridized carbons (Fsp3) is 0.0714. The highest BCUT2D eigenvalue weighted by molar-refractivity contribution is 9.10. The van der Waals surface area contributed by atoms with Crippen LogP contribution in [0.2, 0.25) is 0 Å². The SMILES string of the molecule is Cc1ccc([N+](=O)[O-])c(Oc2ccc(Br)cc2C(=O)O)c1. The van der Waals surface area contributed by atoms with Crippen LogP contribution in [0, 0.1) is 17.0 Å². The number of rotatable bonds is 4. The van der Waals surface area contributed by atoms with Gasteiger partial charge < -0.3 is 9.84 Å². The van der Waals surface area contributed by atoms with Crippen molar-refractivity contribution in [3.63, 3.8) is 0 Å². The molecule has 0 aliphatic heterocycles. The van der Waals surface area contributed by atoms with E-state index >= 15 is 0 Å². The van der Waals surface area contributed by atoms with Crippen LogP contribution in [-0.4, -0.2) is 16.0 Å². The van der Waals surface area contributed by atoms with Gasteiger partial charge in [-0.1, -0.05) is 22.0 Å². The van der Waals surface area contributed by atoms with Gasteiger partial charge in [-0.3, -0.25) is 10.1 Å². The van der Waals surface area contributed by atoms with Gasteiger partial charge in [-0.05, 0) is 36.8 Å².